The van der Waals surface area contributed by atoms with Crippen LogP contribution in [0.25, 0.3) is 0 Å². The number of halogens is 3. The number of amides is 1. The first kappa shape index (κ1) is 28.5. The van der Waals surface area contributed by atoms with Gasteiger partial charge in [0.2, 0.25) is 5.79 Å². The zero-order chi connectivity index (χ0) is 27.9. The summed E-state index contributed by atoms with van der Waals surface area (Å²) in [7, 11) is 2.00. The van der Waals surface area contributed by atoms with Crippen LogP contribution in [0, 0.1) is 0 Å². The molecule has 2 saturated heterocycles. The van der Waals surface area contributed by atoms with E-state index in [1.807, 2.05) is 13.8 Å². The third-order valence-corrected chi connectivity index (χ3v) is 8.19. The van der Waals surface area contributed by atoms with E-state index in [1.165, 1.54) is 25.3 Å². The summed E-state index contributed by atoms with van der Waals surface area (Å²) in [5, 5.41) is 11.2. The first-order chi connectivity index (χ1) is 17.9. The number of ether oxygens (including phenoxy) is 4. The number of carbonyl (C=O) groups excluding carboxylic acids is 2. The molecule has 3 aliphatic rings. The number of aliphatic hydroxyl groups excluding tert-OH is 1. The predicted octanol–water partition coefficient (Wildman–Crippen LogP) is 3.62. The standard InChI is InChI=1S/C27H34F3NO7/c1-5-31-22(33)20-18-16-37-26(36-4,19(32)14-10-7-11-15-24(20,31)2)21(18)38-23(34)25(35-3,27(28,29)30)17-12-8-6-9-13-17/h6,8-9,12-13,19,21,32H,5,7,10-11,14-16H2,1-4H3/b20-18-/t19-,21-,24+,25-,26-/m0/s1. The van der Waals surface area contributed by atoms with E-state index in [1.54, 1.807) is 4.90 Å². The number of β-lactam (4-membered cyclic amide) rings is 1. The fourth-order valence-corrected chi connectivity index (χ4v) is 6.18. The van der Waals surface area contributed by atoms with Crippen molar-refractivity contribution in [2.45, 2.75) is 81.3 Å². The number of methoxy groups -OCH3 is 2. The SMILES string of the molecule is CCN1C(=O)/C2=C3\CO[C@@](OC)([C@@H](O)CCCCC[C@]21C)[C@H]3OC(=O)[C@@](OC)(c1ccccc1)C(F)(F)F. The smallest absolute Gasteiger partial charge is 0.432 e. The number of rotatable bonds is 6. The van der Waals surface area contributed by atoms with Gasteiger partial charge in [0.25, 0.3) is 11.5 Å². The molecule has 2 fully saturated rings. The second-order valence-electron chi connectivity index (χ2n) is 10.1. The summed E-state index contributed by atoms with van der Waals surface area (Å²) >= 11 is 0. The molecule has 0 aromatic heterocycles. The molecule has 4 rings (SSSR count). The molecule has 1 aromatic rings. The normalized spacial score (nSPS) is 33.6. The minimum Gasteiger partial charge on any atom is -0.449 e. The quantitative estimate of drug-likeness (QED) is 0.434. The van der Waals surface area contributed by atoms with Crippen LogP contribution in [-0.2, 0) is 34.1 Å². The van der Waals surface area contributed by atoms with Crippen molar-refractivity contribution in [2.24, 2.45) is 0 Å². The molecule has 2 aliphatic heterocycles. The number of alkyl halides is 3. The molecule has 1 aliphatic carbocycles. The van der Waals surface area contributed by atoms with Gasteiger partial charge in [-0.15, -0.1) is 0 Å². The molecule has 38 heavy (non-hydrogen) atoms. The van der Waals surface area contributed by atoms with Gasteiger partial charge in [-0.25, -0.2) is 4.79 Å². The Hall–Kier alpha value is -2.47. The van der Waals surface area contributed by atoms with E-state index >= 15 is 0 Å². The zero-order valence-corrected chi connectivity index (χ0v) is 22.0. The summed E-state index contributed by atoms with van der Waals surface area (Å²) < 4.78 is 65.9. The van der Waals surface area contributed by atoms with E-state index in [-0.39, 0.29) is 24.5 Å². The maximum atomic E-state index is 14.6. The highest BCUT2D eigenvalue weighted by molar-refractivity contribution is 6.04. The van der Waals surface area contributed by atoms with Crippen LogP contribution < -0.4 is 0 Å². The van der Waals surface area contributed by atoms with Crippen LogP contribution in [0.4, 0.5) is 13.2 Å². The number of likely N-dealkylation sites (N-methyl/N-ethyl adjacent to an activating group) is 1. The van der Waals surface area contributed by atoms with Gasteiger partial charge in [-0.1, -0.05) is 49.6 Å². The number of benzene rings is 1. The van der Waals surface area contributed by atoms with E-state index in [9.17, 15) is 27.9 Å². The van der Waals surface area contributed by atoms with Crippen molar-refractivity contribution in [3.63, 3.8) is 0 Å². The maximum Gasteiger partial charge on any atom is 0.432 e. The number of fused-ring (bicyclic) bond motifs is 3. The summed E-state index contributed by atoms with van der Waals surface area (Å²) in [5.74, 6) is -4.07. The van der Waals surface area contributed by atoms with Crippen LogP contribution in [-0.4, -0.2) is 79.0 Å². The molecule has 2 bridgehead atoms. The number of nitrogens with zero attached hydrogens (tertiary/aromatic N) is 1. The van der Waals surface area contributed by atoms with Gasteiger partial charge in [-0.05, 0) is 26.7 Å². The molecule has 0 unspecified atom stereocenters. The number of hydrogen-bond acceptors (Lipinski definition) is 7. The van der Waals surface area contributed by atoms with Crippen LogP contribution in [0.5, 0.6) is 0 Å². The number of aliphatic hydroxyl groups is 1. The molecular formula is C27H34F3NO7. The highest BCUT2D eigenvalue weighted by atomic mass is 19.4. The molecule has 0 radical (unpaired) electrons. The molecular weight excluding hydrogens is 507 g/mol. The van der Waals surface area contributed by atoms with Gasteiger partial charge < -0.3 is 29.0 Å². The average Bonchev–Trinajstić information content (AvgIpc) is 3.22. The summed E-state index contributed by atoms with van der Waals surface area (Å²) in [4.78, 5) is 28.6. The van der Waals surface area contributed by atoms with Gasteiger partial charge in [-0.2, -0.15) is 13.2 Å². The molecule has 5 atom stereocenters. The van der Waals surface area contributed by atoms with Gasteiger partial charge >= 0.3 is 12.1 Å². The molecule has 8 nitrogen and oxygen atoms in total. The second kappa shape index (κ2) is 10.3. The monoisotopic (exact) mass is 541 g/mol. The Labute approximate surface area is 219 Å². The predicted molar refractivity (Wildman–Crippen MR) is 129 cm³/mol. The Morgan fingerprint density at radius 3 is 2.45 bits per heavy atom. The van der Waals surface area contributed by atoms with Crippen molar-refractivity contribution in [3.05, 3.63) is 47.0 Å². The van der Waals surface area contributed by atoms with Crippen molar-refractivity contribution in [3.8, 4) is 0 Å². The fourth-order valence-electron chi connectivity index (χ4n) is 6.18. The van der Waals surface area contributed by atoms with Crippen LogP contribution in [0.3, 0.4) is 0 Å². The Morgan fingerprint density at radius 2 is 1.87 bits per heavy atom. The van der Waals surface area contributed by atoms with Crippen LogP contribution in [0.1, 0.15) is 51.5 Å². The van der Waals surface area contributed by atoms with Gasteiger partial charge in [0.15, 0.2) is 6.10 Å². The minimum atomic E-state index is -5.20. The second-order valence-corrected chi connectivity index (χ2v) is 10.1. The maximum absolute atomic E-state index is 14.6. The van der Waals surface area contributed by atoms with Gasteiger partial charge in [-0.3, -0.25) is 4.79 Å². The highest BCUT2D eigenvalue weighted by Crippen LogP contribution is 2.50. The summed E-state index contributed by atoms with van der Waals surface area (Å²) in [6, 6.07) is 6.45. The first-order valence-electron chi connectivity index (χ1n) is 12.8. The Morgan fingerprint density at radius 1 is 1.18 bits per heavy atom. The Bertz CT molecular complexity index is 1090. The van der Waals surface area contributed by atoms with Gasteiger partial charge in [0.1, 0.15) is 6.10 Å². The van der Waals surface area contributed by atoms with Crippen molar-refractivity contribution in [2.75, 3.05) is 27.4 Å². The molecule has 0 spiro atoms. The lowest BCUT2D eigenvalue weighted by molar-refractivity contribution is -0.301. The van der Waals surface area contributed by atoms with Crippen molar-refractivity contribution < 1.29 is 46.8 Å². The summed E-state index contributed by atoms with van der Waals surface area (Å²) in [6.07, 6.45) is -5.27. The lowest BCUT2D eigenvalue weighted by atomic mass is 9.73. The van der Waals surface area contributed by atoms with E-state index in [4.69, 9.17) is 18.9 Å². The molecule has 210 valence electrons. The van der Waals surface area contributed by atoms with E-state index in [2.05, 4.69) is 0 Å². The molecule has 2 heterocycles. The van der Waals surface area contributed by atoms with E-state index < -0.39 is 46.8 Å². The van der Waals surface area contributed by atoms with Crippen LogP contribution in [0.2, 0.25) is 0 Å². The van der Waals surface area contributed by atoms with E-state index in [0.29, 0.717) is 25.0 Å². The fraction of sp³-hybridized carbons (Fsp3) is 0.630. The number of hydrogen-bond donors (Lipinski definition) is 1. The lowest BCUT2D eigenvalue weighted by Gasteiger charge is -2.53. The minimum absolute atomic E-state index is 0.193. The van der Waals surface area contributed by atoms with Crippen LogP contribution >= 0.6 is 0 Å². The molecule has 1 amide bonds. The van der Waals surface area contributed by atoms with Crippen molar-refractivity contribution >= 4 is 11.9 Å². The topological polar surface area (TPSA) is 94.5 Å². The van der Waals surface area contributed by atoms with Gasteiger partial charge in [0.05, 0.1) is 12.1 Å². The zero-order valence-electron chi connectivity index (χ0n) is 22.0. The highest BCUT2D eigenvalue weighted by Gasteiger charge is 2.67. The molecule has 0 saturated carbocycles. The number of likely N-dealkylation sites (tertiary alicyclic amines) is 1. The summed E-state index contributed by atoms with van der Waals surface area (Å²) in [5.41, 5.74) is -4.15. The third kappa shape index (κ3) is 4.06. The van der Waals surface area contributed by atoms with E-state index in [0.717, 1.165) is 32.1 Å². The van der Waals surface area contributed by atoms with Crippen molar-refractivity contribution in [1.29, 1.82) is 0 Å². The lowest BCUT2D eigenvalue weighted by Crippen LogP contribution is -2.65. The number of carbonyl (C=O) groups is 2. The average molecular weight is 542 g/mol. The Kier molecular flexibility index (Phi) is 7.70. The van der Waals surface area contributed by atoms with Gasteiger partial charge in [0, 0.05) is 37.5 Å². The summed E-state index contributed by atoms with van der Waals surface area (Å²) in [6.45, 7) is 3.91. The molecule has 1 aromatic carbocycles. The Balaban J connectivity index is 1.88. The largest absolute Gasteiger partial charge is 0.449 e. The first-order valence-corrected chi connectivity index (χ1v) is 12.8. The van der Waals surface area contributed by atoms with Crippen molar-refractivity contribution in [1.82, 2.24) is 4.90 Å². The molecule has 11 heteroatoms. The molecule has 1 N–H and O–H groups in total. The number of esters is 1. The third-order valence-electron chi connectivity index (χ3n) is 8.19. The van der Waals surface area contributed by atoms with Crippen LogP contribution in [0.15, 0.2) is 41.5 Å².